The van der Waals surface area contributed by atoms with Crippen LogP contribution in [-0.4, -0.2) is 39.5 Å². The molecule has 2 aromatic rings. The van der Waals surface area contributed by atoms with E-state index < -0.39 is 5.97 Å². The lowest BCUT2D eigenvalue weighted by molar-refractivity contribution is -0.138. The van der Waals surface area contributed by atoms with Gasteiger partial charge in [0.15, 0.2) is 0 Å². The van der Waals surface area contributed by atoms with Gasteiger partial charge in [-0.2, -0.15) is 0 Å². The number of H-pyrrole nitrogens is 1. The second-order valence-corrected chi connectivity index (χ2v) is 6.07. The average Bonchev–Trinajstić information content (AvgIpc) is 2.70. The number of aromatic amines is 1. The van der Waals surface area contributed by atoms with Crippen molar-refractivity contribution < 1.29 is 9.90 Å². The van der Waals surface area contributed by atoms with Gasteiger partial charge in [0, 0.05) is 0 Å². The summed E-state index contributed by atoms with van der Waals surface area (Å²) in [5.74, 6) is 0.261. The van der Waals surface area contributed by atoms with Crippen LogP contribution in [0.25, 0.3) is 11.0 Å². The third kappa shape index (κ3) is 3.24. The van der Waals surface area contributed by atoms with Crippen molar-refractivity contribution in [2.75, 3.05) is 13.6 Å². The van der Waals surface area contributed by atoms with Crippen molar-refractivity contribution in [2.24, 2.45) is 5.92 Å². The number of nitrogens with one attached hydrogen (secondary N) is 1. The zero-order valence-electron chi connectivity index (χ0n) is 13.3. The summed E-state index contributed by atoms with van der Waals surface area (Å²) in [6.07, 6.45) is 0. The Bertz CT molecular complexity index is 622. The maximum Gasteiger partial charge on any atom is 0.317 e. The molecule has 1 heterocycles. The van der Waals surface area contributed by atoms with Crippen LogP contribution in [0.5, 0.6) is 0 Å². The van der Waals surface area contributed by atoms with Crippen LogP contribution in [-0.2, 0) is 4.79 Å². The van der Waals surface area contributed by atoms with Crippen molar-refractivity contribution in [2.45, 2.75) is 33.7 Å². The van der Waals surface area contributed by atoms with E-state index in [0.29, 0.717) is 0 Å². The van der Waals surface area contributed by atoms with E-state index in [1.54, 1.807) is 0 Å². The number of imidazole rings is 1. The molecule has 114 valence electrons. The van der Waals surface area contributed by atoms with Gasteiger partial charge in [0.2, 0.25) is 0 Å². The van der Waals surface area contributed by atoms with Gasteiger partial charge in [0.25, 0.3) is 0 Å². The molecule has 5 heteroatoms. The summed E-state index contributed by atoms with van der Waals surface area (Å²) >= 11 is 0. The molecule has 0 aliphatic heterocycles. The summed E-state index contributed by atoms with van der Waals surface area (Å²) in [6, 6.07) is 4.11. The second kappa shape index (κ2) is 5.85. The summed E-state index contributed by atoms with van der Waals surface area (Å²) in [7, 11) is 1.82. The number of carboxylic acid groups (broad SMARTS) is 1. The minimum atomic E-state index is -0.828. The van der Waals surface area contributed by atoms with Crippen LogP contribution in [0.15, 0.2) is 12.1 Å². The lowest BCUT2D eigenvalue weighted by Crippen LogP contribution is -2.33. The highest BCUT2D eigenvalue weighted by Crippen LogP contribution is 2.28. The number of benzene rings is 1. The molecule has 1 aromatic carbocycles. The lowest BCUT2D eigenvalue weighted by Gasteiger charge is -2.28. The van der Waals surface area contributed by atoms with Crippen molar-refractivity contribution in [1.82, 2.24) is 14.9 Å². The molecule has 0 saturated heterocycles. The van der Waals surface area contributed by atoms with Gasteiger partial charge in [-0.15, -0.1) is 0 Å². The number of aliphatic carboxylic acids is 1. The molecule has 0 bridgehead atoms. The van der Waals surface area contributed by atoms with E-state index in [2.05, 4.69) is 49.8 Å². The Morgan fingerprint density at radius 2 is 1.95 bits per heavy atom. The molecule has 0 radical (unpaired) electrons. The van der Waals surface area contributed by atoms with E-state index in [0.717, 1.165) is 16.9 Å². The maximum absolute atomic E-state index is 11.0. The largest absolute Gasteiger partial charge is 0.480 e. The summed E-state index contributed by atoms with van der Waals surface area (Å²) in [4.78, 5) is 20.8. The third-order valence-corrected chi connectivity index (χ3v) is 3.89. The zero-order valence-corrected chi connectivity index (χ0v) is 13.3. The number of carbonyl (C=O) groups is 1. The standard InChI is InChI=1S/C16H23N3O2/c1-9(2)15(19(5)8-14(20)21)16-17-12-6-10(3)11(4)7-13(12)18-16/h6-7,9,15H,8H2,1-5H3,(H,17,18)(H,20,21). The molecule has 0 spiro atoms. The molecule has 5 nitrogen and oxygen atoms in total. The van der Waals surface area contributed by atoms with E-state index >= 15 is 0 Å². The monoisotopic (exact) mass is 289 g/mol. The molecule has 2 rings (SSSR count). The van der Waals surface area contributed by atoms with Crippen LogP contribution in [0.2, 0.25) is 0 Å². The van der Waals surface area contributed by atoms with Gasteiger partial charge in [-0.3, -0.25) is 9.69 Å². The highest BCUT2D eigenvalue weighted by molar-refractivity contribution is 5.77. The molecular formula is C16H23N3O2. The van der Waals surface area contributed by atoms with Gasteiger partial charge >= 0.3 is 5.97 Å². The van der Waals surface area contributed by atoms with Crippen LogP contribution in [0.1, 0.15) is 36.8 Å². The normalized spacial score (nSPS) is 13.3. The number of likely N-dealkylation sites (N-methyl/N-ethyl adjacent to an activating group) is 1. The summed E-state index contributed by atoms with van der Waals surface area (Å²) in [6.45, 7) is 8.29. The fourth-order valence-electron chi connectivity index (χ4n) is 2.77. The molecule has 0 saturated carbocycles. The first-order valence-corrected chi connectivity index (χ1v) is 7.18. The van der Waals surface area contributed by atoms with E-state index in [9.17, 15) is 4.79 Å². The maximum atomic E-state index is 11.0. The topological polar surface area (TPSA) is 69.2 Å². The van der Waals surface area contributed by atoms with E-state index in [1.165, 1.54) is 11.1 Å². The number of carboxylic acids is 1. The Balaban J connectivity index is 2.43. The number of aryl methyl sites for hydroxylation is 2. The molecule has 1 atom stereocenters. The Labute approximate surface area is 125 Å². The highest BCUT2D eigenvalue weighted by Gasteiger charge is 2.25. The number of aromatic nitrogens is 2. The Kier molecular flexibility index (Phi) is 4.32. The van der Waals surface area contributed by atoms with Crippen molar-refractivity contribution in [3.63, 3.8) is 0 Å². The van der Waals surface area contributed by atoms with Gasteiger partial charge < -0.3 is 10.1 Å². The zero-order chi connectivity index (χ0) is 15.7. The molecule has 0 amide bonds. The number of nitrogens with zero attached hydrogens (tertiary/aromatic N) is 2. The molecule has 0 fully saturated rings. The highest BCUT2D eigenvalue weighted by atomic mass is 16.4. The van der Waals surface area contributed by atoms with Crippen molar-refractivity contribution in [3.8, 4) is 0 Å². The van der Waals surface area contributed by atoms with E-state index in [-0.39, 0.29) is 18.5 Å². The number of hydrogen-bond donors (Lipinski definition) is 2. The van der Waals surface area contributed by atoms with E-state index in [4.69, 9.17) is 5.11 Å². The van der Waals surface area contributed by atoms with Crippen LogP contribution < -0.4 is 0 Å². The SMILES string of the molecule is Cc1cc2nc(C(C(C)C)N(C)CC(=O)O)[nH]c2cc1C. The molecule has 0 aliphatic rings. The Morgan fingerprint density at radius 1 is 1.33 bits per heavy atom. The molecule has 21 heavy (non-hydrogen) atoms. The van der Waals surface area contributed by atoms with Crippen molar-refractivity contribution >= 4 is 17.0 Å². The number of rotatable bonds is 5. The summed E-state index contributed by atoms with van der Waals surface area (Å²) in [5, 5.41) is 9.00. The fraction of sp³-hybridized carbons (Fsp3) is 0.500. The van der Waals surface area contributed by atoms with Gasteiger partial charge in [0.1, 0.15) is 5.82 Å². The summed E-state index contributed by atoms with van der Waals surface area (Å²) < 4.78 is 0. The minimum Gasteiger partial charge on any atom is -0.480 e. The molecule has 0 aliphatic carbocycles. The number of hydrogen-bond acceptors (Lipinski definition) is 3. The van der Waals surface area contributed by atoms with Gasteiger partial charge in [-0.25, -0.2) is 4.98 Å². The fourth-order valence-corrected chi connectivity index (χ4v) is 2.77. The predicted molar refractivity (Wildman–Crippen MR) is 83.4 cm³/mol. The first-order chi connectivity index (χ1) is 9.79. The Hall–Kier alpha value is -1.88. The molecular weight excluding hydrogens is 266 g/mol. The second-order valence-electron chi connectivity index (χ2n) is 6.07. The van der Waals surface area contributed by atoms with E-state index in [1.807, 2.05) is 11.9 Å². The van der Waals surface area contributed by atoms with Gasteiger partial charge in [0.05, 0.1) is 23.6 Å². The van der Waals surface area contributed by atoms with Crippen molar-refractivity contribution in [1.29, 1.82) is 0 Å². The first kappa shape index (κ1) is 15.5. The van der Waals surface area contributed by atoms with Gasteiger partial charge in [-0.1, -0.05) is 13.8 Å². The van der Waals surface area contributed by atoms with Crippen LogP contribution >= 0.6 is 0 Å². The molecule has 2 N–H and O–H groups in total. The Morgan fingerprint density at radius 3 is 2.52 bits per heavy atom. The predicted octanol–water partition coefficient (Wildman–Crippen LogP) is 2.89. The number of fused-ring (bicyclic) bond motifs is 1. The average molecular weight is 289 g/mol. The minimum absolute atomic E-state index is 0.00204. The molecule has 1 unspecified atom stereocenters. The van der Waals surface area contributed by atoms with Crippen LogP contribution in [0.4, 0.5) is 0 Å². The van der Waals surface area contributed by atoms with Gasteiger partial charge in [-0.05, 0) is 50.1 Å². The third-order valence-electron chi connectivity index (χ3n) is 3.89. The van der Waals surface area contributed by atoms with Crippen LogP contribution in [0, 0.1) is 19.8 Å². The quantitative estimate of drug-likeness (QED) is 0.888. The smallest absolute Gasteiger partial charge is 0.317 e. The first-order valence-electron chi connectivity index (χ1n) is 7.18. The summed E-state index contributed by atoms with van der Waals surface area (Å²) in [5.41, 5.74) is 4.36. The van der Waals surface area contributed by atoms with Crippen LogP contribution in [0.3, 0.4) is 0 Å². The van der Waals surface area contributed by atoms with Crippen molar-refractivity contribution in [3.05, 3.63) is 29.1 Å². The lowest BCUT2D eigenvalue weighted by atomic mass is 10.0. The molecule has 1 aromatic heterocycles.